The molecule has 4 rings (SSSR count). The smallest absolute Gasteiger partial charge is 0.225 e. The van der Waals surface area contributed by atoms with Gasteiger partial charge in [-0.3, -0.25) is 19.9 Å². The number of likely N-dealkylation sites (tertiary alicyclic amines) is 1. The molecule has 1 aliphatic carbocycles. The van der Waals surface area contributed by atoms with Crippen molar-refractivity contribution in [2.75, 3.05) is 47.4 Å². The number of carbonyl (C=O) groups is 1. The number of nitrogens with one attached hydrogen (secondary N) is 3. The lowest BCUT2D eigenvalue weighted by Gasteiger charge is -2.53. The molecular formula is C37H65N5O5. The molecule has 1 amide bonds. The molecule has 10 heteroatoms. The summed E-state index contributed by atoms with van der Waals surface area (Å²) < 4.78 is 18.5. The zero-order chi connectivity index (χ0) is 34.0. The Hall–Kier alpha value is -1.63. The highest BCUT2D eigenvalue weighted by Crippen LogP contribution is 2.32. The molecule has 3 fully saturated rings. The number of aliphatic hydroxyl groups excluding tert-OH is 1. The summed E-state index contributed by atoms with van der Waals surface area (Å²) in [6.07, 6.45) is 19.1. The Kier molecular flexibility index (Phi) is 14.9. The maximum Gasteiger partial charge on any atom is 0.225 e. The van der Waals surface area contributed by atoms with Crippen LogP contribution in [0.15, 0.2) is 36.5 Å². The van der Waals surface area contributed by atoms with Crippen molar-refractivity contribution < 1.29 is 24.1 Å². The van der Waals surface area contributed by atoms with Gasteiger partial charge in [0.05, 0.1) is 23.7 Å². The molecule has 4 aliphatic rings. The Morgan fingerprint density at radius 2 is 1.87 bits per heavy atom. The van der Waals surface area contributed by atoms with Gasteiger partial charge in [-0.25, -0.2) is 0 Å². The minimum Gasteiger partial charge on any atom is -0.380 e. The van der Waals surface area contributed by atoms with Crippen LogP contribution in [-0.2, 0) is 19.0 Å². The van der Waals surface area contributed by atoms with Crippen LogP contribution in [0.3, 0.4) is 0 Å². The first-order valence-corrected chi connectivity index (χ1v) is 18.3. The summed E-state index contributed by atoms with van der Waals surface area (Å²) in [6, 6.07) is 0.174. The fourth-order valence-electron chi connectivity index (χ4n) is 8.15. The van der Waals surface area contributed by atoms with Crippen molar-refractivity contribution in [2.24, 2.45) is 17.8 Å². The molecule has 47 heavy (non-hydrogen) atoms. The normalized spacial score (nSPS) is 30.8. The molecule has 3 heterocycles. The standard InChI is InChI=1S/C37H65N5O5/c1-8-26(2)31(41(5)35(44)34-40-36(47-34)37(4)21-13-14-22-39-37)30(45-6)20-25-42-24-15-18-29(42)32(46-7)27(3)33(43)38-23-19-28-16-11-9-10-12-17-28/h9-12,16-17,26-32,34-36,39-40,44H,8,13-15,18-25H2,1-7H3,(H,38,43). The first kappa shape index (κ1) is 38.2. The number of hydrogen-bond donors (Lipinski definition) is 4. The fraction of sp³-hybridized carbons (Fsp3) is 0.811. The molecule has 3 aliphatic heterocycles. The molecule has 0 saturated carbocycles. The van der Waals surface area contributed by atoms with E-state index >= 15 is 0 Å². The van der Waals surface area contributed by atoms with Crippen LogP contribution in [0, 0.1) is 17.8 Å². The maximum atomic E-state index is 13.3. The van der Waals surface area contributed by atoms with E-state index < -0.39 is 12.5 Å². The van der Waals surface area contributed by atoms with Gasteiger partial charge in [0.15, 0.2) is 6.23 Å². The molecule has 0 radical (unpaired) electrons. The van der Waals surface area contributed by atoms with Gasteiger partial charge >= 0.3 is 0 Å². The van der Waals surface area contributed by atoms with E-state index in [0.717, 1.165) is 58.2 Å². The second kappa shape index (κ2) is 18.4. The van der Waals surface area contributed by atoms with E-state index in [1.807, 2.05) is 26.1 Å². The van der Waals surface area contributed by atoms with Crippen molar-refractivity contribution in [3.63, 3.8) is 0 Å². The number of carbonyl (C=O) groups excluding carboxylic acids is 1. The van der Waals surface area contributed by atoms with Crippen LogP contribution in [0.1, 0.15) is 79.1 Å². The van der Waals surface area contributed by atoms with E-state index in [1.165, 1.54) is 12.8 Å². The number of allylic oxidation sites excluding steroid dienone is 6. The summed E-state index contributed by atoms with van der Waals surface area (Å²) in [4.78, 5) is 17.8. The molecule has 0 aromatic rings. The van der Waals surface area contributed by atoms with E-state index in [1.54, 1.807) is 14.2 Å². The van der Waals surface area contributed by atoms with Gasteiger partial charge < -0.3 is 30.0 Å². The molecule has 10 unspecified atom stereocenters. The van der Waals surface area contributed by atoms with Crippen molar-refractivity contribution in [1.29, 1.82) is 0 Å². The number of piperidine rings is 1. The van der Waals surface area contributed by atoms with Crippen molar-refractivity contribution in [3.8, 4) is 0 Å². The lowest BCUT2D eigenvalue weighted by atomic mass is 9.87. The highest BCUT2D eigenvalue weighted by molar-refractivity contribution is 5.79. The SMILES string of the molecule is CCC(C)C(C(CCN1CCCC1C(OC)C(C)C(=O)NCCC1C=CC=CC=C1)OC)N(C)C(O)C1NC(C2(C)CCCCN2)O1. The average molecular weight is 660 g/mol. The number of ether oxygens (including phenoxy) is 3. The van der Waals surface area contributed by atoms with E-state index in [2.05, 4.69) is 70.8 Å². The molecule has 3 saturated heterocycles. The minimum absolute atomic E-state index is 0.00533. The third kappa shape index (κ3) is 9.75. The van der Waals surface area contributed by atoms with Gasteiger partial charge in [-0.1, -0.05) is 70.1 Å². The number of aliphatic hydroxyl groups is 1. The Morgan fingerprint density at radius 1 is 1.15 bits per heavy atom. The molecule has 10 nitrogen and oxygen atoms in total. The molecule has 4 N–H and O–H groups in total. The molecule has 0 bridgehead atoms. The molecule has 10 atom stereocenters. The van der Waals surface area contributed by atoms with Crippen LogP contribution >= 0.6 is 0 Å². The second-order valence-electron chi connectivity index (χ2n) is 14.6. The highest BCUT2D eigenvalue weighted by atomic mass is 16.6. The highest BCUT2D eigenvalue weighted by Gasteiger charge is 2.48. The number of amides is 1. The van der Waals surface area contributed by atoms with Gasteiger partial charge in [0.1, 0.15) is 12.5 Å². The van der Waals surface area contributed by atoms with E-state index in [4.69, 9.17) is 14.2 Å². The first-order valence-electron chi connectivity index (χ1n) is 18.3. The van der Waals surface area contributed by atoms with Gasteiger partial charge in [-0.2, -0.15) is 0 Å². The first-order chi connectivity index (χ1) is 22.6. The summed E-state index contributed by atoms with van der Waals surface area (Å²) in [5.74, 6) is 0.421. The quantitative estimate of drug-likeness (QED) is 0.164. The van der Waals surface area contributed by atoms with E-state index in [-0.39, 0.29) is 47.9 Å². The van der Waals surface area contributed by atoms with Gasteiger partial charge in [0.25, 0.3) is 0 Å². The van der Waals surface area contributed by atoms with Gasteiger partial charge in [-0.05, 0) is 77.4 Å². The van der Waals surface area contributed by atoms with Crippen LogP contribution in [-0.4, -0.2) is 117 Å². The number of likely N-dealkylation sites (N-methyl/N-ethyl adjacent to an activating group) is 1. The molecular weight excluding hydrogens is 594 g/mol. The van der Waals surface area contributed by atoms with Gasteiger partial charge in [0, 0.05) is 39.4 Å². The zero-order valence-corrected chi connectivity index (χ0v) is 30.2. The predicted octanol–water partition coefficient (Wildman–Crippen LogP) is 3.78. The minimum atomic E-state index is -0.793. The van der Waals surface area contributed by atoms with E-state index in [9.17, 15) is 9.90 Å². The Labute approximate surface area is 284 Å². The Morgan fingerprint density at radius 3 is 2.49 bits per heavy atom. The Balaban J connectivity index is 1.31. The van der Waals surface area contributed by atoms with Crippen LogP contribution in [0.5, 0.6) is 0 Å². The Bertz CT molecular complexity index is 1030. The second-order valence-corrected chi connectivity index (χ2v) is 14.6. The fourth-order valence-corrected chi connectivity index (χ4v) is 8.15. The van der Waals surface area contributed by atoms with Gasteiger partial charge in [-0.15, -0.1) is 0 Å². The number of hydrogen-bond acceptors (Lipinski definition) is 9. The summed E-state index contributed by atoms with van der Waals surface area (Å²) in [5.41, 5.74) is -0.107. The van der Waals surface area contributed by atoms with Crippen molar-refractivity contribution in [1.82, 2.24) is 25.8 Å². The van der Waals surface area contributed by atoms with Crippen molar-refractivity contribution >= 4 is 5.91 Å². The third-order valence-electron chi connectivity index (χ3n) is 11.4. The van der Waals surface area contributed by atoms with Crippen LogP contribution in [0.25, 0.3) is 0 Å². The summed E-state index contributed by atoms with van der Waals surface area (Å²) in [5, 5.41) is 21.8. The topological polar surface area (TPSA) is 108 Å². The monoisotopic (exact) mass is 659 g/mol. The lowest BCUT2D eigenvalue weighted by molar-refractivity contribution is -0.264. The average Bonchev–Trinajstić information content (AvgIpc) is 3.35. The van der Waals surface area contributed by atoms with Crippen LogP contribution in [0.2, 0.25) is 0 Å². The molecule has 0 aromatic carbocycles. The maximum absolute atomic E-state index is 13.3. The summed E-state index contributed by atoms with van der Waals surface area (Å²) in [6.45, 7) is 12.1. The number of rotatable bonds is 18. The molecule has 0 spiro atoms. The summed E-state index contributed by atoms with van der Waals surface area (Å²) in [7, 11) is 5.51. The number of nitrogens with zero attached hydrogens (tertiary/aromatic N) is 2. The summed E-state index contributed by atoms with van der Waals surface area (Å²) >= 11 is 0. The van der Waals surface area contributed by atoms with Crippen LogP contribution < -0.4 is 16.0 Å². The van der Waals surface area contributed by atoms with E-state index in [0.29, 0.717) is 18.4 Å². The molecule has 268 valence electrons. The van der Waals surface area contributed by atoms with Crippen molar-refractivity contribution in [3.05, 3.63) is 36.5 Å². The zero-order valence-electron chi connectivity index (χ0n) is 30.2. The molecule has 0 aromatic heterocycles. The predicted molar refractivity (Wildman–Crippen MR) is 188 cm³/mol. The third-order valence-corrected chi connectivity index (χ3v) is 11.4. The number of methoxy groups -OCH3 is 2. The lowest BCUT2D eigenvalue weighted by Crippen LogP contribution is -2.74. The van der Waals surface area contributed by atoms with Gasteiger partial charge in [0.2, 0.25) is 5.91 Å². The van der Waals surface area contributed by atoms with Crippen molar-refractivity contribution in [2.45, 2.75) is 128 Å². The largest absolute Gasteiger partial charge is 0.380 e. The van der Waals surface area contributed by atoms with Crippen LogP contribution in [0.4, 0.5) is 0 Å².